The van der Waals surface area contributed by atoms with Crippen LogP contribution in [-0.4, -0.2) is 24.0 Å². The zero-order valence-electron chi connectivity index (χ0n) is 13.0. The van der Waals surface area contributed by atoms with Crippen molar-refractivity contribution in [2.75, 3.05) is 7.05 Å². The lowest BCUT2D eigenvalue weighted by molar-refractivity contribution is -0.137. The van der Waals surface area contributed by atoms with Crippen molar-refractivity contribution in [2.24, 2.45) is 0 Å². The monoisotopic (exact) mass is 312 g/mol. The molecule has 1 amide bonds. The molecule has 0 N–H and O–H groups in total. The first-order valence-corrected chi connectivity index (χ1v) is 7.16. The van der Waals surface area contributed by atoms with Crippen LogP contribution >= 0.6 is 0 Å². The highest BCUT2D eigenvalue weighted by molar-refractivity contribution is 5.80. The lowest BCUT2D eigenvalue weighted by Crippen LogP contribution is -2.37. The number of rotatable bonds is 5. The van der Waals surface area contributed by atoms with Crippen LogP contribution < -0.4 is 4.74 Å². The van der Waals surface area contributed by atoms with Gasteiger partial charge in [0, 0.05) is 13.6 Å². The van der Waals surface area contributed by atoms with E-state index in [0.717, 1.165) is 0 Å². The predicted molar refractivity (Wildman–Crippen MR) is 84.1 cm³/mol. The Kier molecular flexibility index (Phi) is 5.32. The number of hydrogen-bond donors (Lipinski definition) is 0. The molecule has 4 nitrogen and oxygen atoms in total. The number of ether oxygens (including phenoxy) is 1. The van der Waals surface area contributed by atoms with E-state index in [1.807, 2.05) is 6.07 Å². The Morgan fingerprint density at radius 3 is 2.74 bits per heavy atom. The van der Waals surface area contributed by atoms with E-state index in [9.17, 15) is 9.18 Å². The number of hydrogen-bond acceptors (Lipinski definition) is 3. The average molecular weight is 312 g/mol. The van der Waals surface area contributed by atoms with Gasteiger partial charge in [0.1, 0.15) is 11.6 Å². The van der Waals surface area contributed by atoms with Crippen molar-refractivity contribution < 1.29 is 13.9 Å². The maximum atomic E-state index is 13.2. The van der Waals surface area contributed by atoms with Crippen LogP contribution in [0.4, 0.5) is 4.39 Å². The molecule has 0 saturated heterocycles. The third-order valence-corrected chi connectivity index (χ3v) is 3.31. The molecule has 1 atom stereocenters. The molecule has 0 aliphatic heterocycles. The summed E-state index contributed by atoms with van der Waals surface area (Å²) in [5.74, 6) is -0.0957. The van der Waals surface area contributed by atoms with Crippen molar-refractivity contribution in [1.82, 2.24) is 4.90 Å². The summed E-state index contributed by atoms with van der Waals surface area (Å²) < 4.78 is 18.8. The molecule has 0 saturated carbocycles. The fraction of sp³-hybridized carbons (Fsp3) is 0.222. The number of amides is 1. The van der Waals surface area contributed by atoms with E-state index in [1.54, 1.807) is 50.4 Å². The predicted octanol–water partition coefficient (Wildman–Crippen LogP) is 3.12. The topological polar surface area (TPSA) is 53.3 Å². The molecule has 2 aromatic carbocycles. The number of carbonyl (C=O) groups is 1. The second kappa shape index (κ2) is 7.41. The Balaban J connectivity index is 1.99. The van der Waals surface area contributed by atoms with Crippen molar-refractivity contribution in [3.8, 4) is 11.8 Å². The number of nitriles is 1. The fourth-order valence-corrected chi connectivity index (χ4v) is 2.19. The van der Waals surface area contributed by atoms with Gasteiger partial charge in [0.25, 0.3) is 5.91 Å². The first-order valence-electron chi connectivity index (χ1n) is 7.16. The molecule has 0 bridgehead atoms. The maximum absolute atomic E-state index is 13.2. The molecule has 0 heterocycles. The third-order valence-electron chi connectivity index (χ3n) is 3.31. The smallest absolute Gasteiger partial charge is 0.263 e. The lowest BCUT2D eigenvalue weighted by Gasteiger charge is -2.22. The standard InChI is InChI=1S/C18H17FN2O2/c1-13(23-17-8-4-5-14(10-17)11-20)18(22)21(2)12-15-6-3-7-16(19)9-15/h3-10,13H,12H2,1-2H3/t13-/m0/s1. The number of carbonyl (C=O) groups excluding carboxylic acids is 1. The van der Waals surface area contributed by atoms with Gasteiger partial charge in [-0.1, -0.05) is 18.2 Å². The van der Waals surface area contributed by atoms with Crippen molar-refractivity contribution in [3.63, 3.8) is 0 Å². The molecule has 0 aliphatic carbocycles. The Morgan fingerprint density at radius 1 is 1.30 bits per heavy atom. The first-order chi connectivity index (χ1) is 11.0. The Bertz CT molecular complexity index is 740. The van der Waals surface area contributed by atoms with Crippen LogP contribution in [0.3, 0.4) is 0 Å². The second-order valence-corrected chi connectivity index (χ2v) is 5.22. The van der Waals surface area contributed by atoms with Crippen LogP contribution in [0.1, 0.15) is 18.1 Å². The van der Waals surface area contributed by atoms with Crippen LogP contribution in [0.5, 0.6) is 5.75 Å². The van der Waals surface area contributed by atoms with E-state index in [4.69, 9.17) is 10.00 Å². The Labute approximate surface area is 134 Å². The summed E-state index contributed by atoms with van der Waals surface area (Å²) in [6.45, 7) is 1.94. The minimum atomic E-state index is -0.706. The Hall–Kier alpha value is -2.87. The van der Waals surface area contributed by atoms with Gasteiger partial charge in [0.2, 0.25) is 0 Å². The molecule has 23 heavy (non-hydrogen) atoms. The van der Waals surface area contributed by atoms with E-state index in [1.165, 1.54) is 17.0 Å². The number of halogens is 1. The maximum Gasteiger partial charge on any atom is 0.263 e. The van der Waals surface area contributed by atoms with Gasteiger partial charge in [-0.2, -0.15) is 5.26 Å². The van der Waals surface area contributed by atoms with E-state index in [2.05, 4.69) is 0 Å². The van der Waals surface area contributed by atoms with Crippen molar-refractivity contribution in [1.29, 1.82) is 5.26 Å². The summed E-state index contributed by atoms with van der Waals surface area (Å²) in [6, 6.07) is 14.8. The average Bonchev–Trinajstić information content (AvgIpc) is 2.54. The summed E-state index contributed by atoms with van der Waals surface area (Å²) in [7, 11) is 1.64. The molecule has 118 valence electrons. The number of likely N-dealkylation sites (N-methyl/N-ethyl adjacent to an activating group) is 1. The highest BCUT2D eigenvalue weighted by Gasteiger charge is 2.19. The van der Waals surface area contributed by atoms with Gasteiger partial charge >= 0.3 is 0 Å². The second-order valence-electron chi connectivity index (χ2n) is 5.22. The molecule has 2 rings (SSSR count). The zero-order chi connectivity index (χ0) is 16.8. The van der Waals surface area contributed by atoms with Gasteiger partial charge in [-0.25, -0.2) is 4.39 Å². The van der Waals surface area contributed by atoms with E-state index in [-0.39, 0.29) is 11.7 Å². The largest absolute Gasteiger partial charge is 0.481 e. The van der Waals surface area contributed by atoms with E-state index >= 15 is 0 Å². The van der Waals surface area contributed by atoms with Gasteiger partial charge < -0.3 is 9.64 Å². The molecule has 0 fully saturated rings. The summed E-state index contributed by atoms with van der Waals surface area (Å²) in [5, 5.41) is 8.87. The quantitative estimate of drug-likeness (QED) is 0.852. The summed E-state index contributed by atoms with van der Waals surface area (Å²) in [5.41, 5.74) is 1.18. The first kappa shape index (κ1) is 16.5. The summed E-state index contributed by atoms with van der Waals surface area (Å²) in [4.78, 5) is 13.8. The van der Waals surface area contributed by atoms with Gasteiger partial charge in [0.05, 0.1) is 11.6 Å². The fourth-order valence-electron chi connectivity index (χ4n) is 2.19. The molecule has 2 aromatic rings. The van der Waals surface area contributed by atoms with Crippen LogP contribution in [-0.2, 0) is 11.3 Å². The minimum Gasteiger partial charge on any atom is -0.481 e. The number of nitrogens with zero attached hydrogens (tertiary/aromatic N) is 2. The lowest BCUT2D eigenvalue weighted by atomic mass is 10.2. The highest BCUT2D eigenvalue weighted by atomic mass is 19.1. The highest BCUT2D eigenvalue weighted by Crippen LogP contribution is 2.15. The molecule has 0 spiro atoms. The molecule has 0 aliphatic rings. The van der Waals surface area contributed by atoms with Gasteiger partial charge in [-0.05, 0) is 42.8 Å². The Morgan fingerprint density at radius 2 is 2.04 bits per heavy atom. The van der Waals surface area contributed by atoms with Crippen molar-refractivity contribution in [3.05, 3.63) is 65.5 Å². The molecular weight excluding hydrogens is 295 g/mol. The zero-order valence-corrected chi connectivity index (χ0v) is 13.0. The van der Waals surface area contributed by atoms with E-state index in [0.29, 0.717) is 23.4 Å². The molecular formula is C18H17FN2O2. The molecule has 0 unspecified atom stereocenters. The van der Waals surface area contributed by atoms with Gasteiger partial charge in [-0.15, -0.1) is 0 Å². The summed E-state index contributed by atoms with van der Waals surface area (Å²) >= 11 is 0. The molecule has 5 heteroatoms. The van der Waals surface area contributed by atoms with E-state index < -0.39 is 6.10 Å². The van der Waals surface area contributed by atoms with Crippen molar-refractivity contribution >= 4 is 5.91 Å². The minimum absolute atomic E-state index is 0.225. The number of benzene rings is 2. The van der Waals surface area contributed by atoms with Gasteiger partial charge in [-0.3, -0.25) is 4.79 Å². The SMILES string of the molecule is C[C@H](Oc1cccc(C#N)c1)C(=O)N(C)Cc1cccc(F)c1. The normalized spacial score (nSPS) is 11.4. The van der Waals surface area contributed by atoms with Crippen LogP contribution in [0.25, 0.3) is 0 Å². The van der Waals surface area contributed by atoms with Crippen LogP contribution in [0, 0.1) is 17.1 Å². The van der Waals surface area contributed by atoms with Crippen molar-refractivity contribution in [2.45, 2.75) is 19.6 Å². The molecule has 0 aromatic heterocycles. The van der Waals surface area contributed by atoms with Crippen LogP contribution in [0.2, 0.25) is 0 Å². The molecule has 0 radical (unpaired) electrons. The van der Waals surface area contributed by atoms with Crippen LogP contribution in [0.15, 0.2) is 48.5 Å². The summed E-state index contributed by atoms with van der Waals surface area (Å²) in [6.07, 6.45) is -0.706. The van der Waals surface area contributed by atoms with Gasteiger partial charge in [0.15, 0.2) is 6.10 Å². The third kappa shape index (κ3) is 4.55.